The highest BCUT2D eigenvalue weighted by Gasteiger charge is 2.15. The summed E-state index contributed by atoms with van der Waals surface area (Å²) >= 11 is 1.26. The molecule has 6 nitrogen and oxygen atoms in total. The summed E-state index contributed by atoms with van der Waals surface area (Å²) in [6, 6.07) is 15.6. The van der Waals surface area contributed by atoms with Gasteiger partial charge in [-0.1, -0.05) is 18.2 Å². The number of rotatable bonds is 4. The summed E-state index contributed by atoms with van der Waals surface area (Å²) in [4.78, 5) is 35.3. The first kappa shape index (κ1) is 21.0. The SMILES string of the molecule is Cc1ccc(-c2ccc3c(n2)sc2c(=O)n(CC(=O)Nc4cccc(F)c4)cnc23)cc1C. The van der Waals surface area contributed by atoms with Crippen LogP contribution in [0.5, 0.6) is 0 Å². The third-order valence-electron chi connectivity index (χ3n) is 5.54. The Labute approximate surface area is 192 Å². The van der Waals surface area contributed by atoms with Crippen molar-refractivity contribution in [2.24, 2.45) is 0 Å². The lowest BCUT2D eigenvalue weighted by atomic mass is 10.0. The minimum Gasteiger partial charge on any atom is -0.324 e. The second-order valence-corrected chi connectivity index (χ2v) is 8.86. The molecule has 0 bridgehead atoms. The summed E-state index contributed by atoms with van der Waals surface area (Å²) < 4.78 is 15.0. The molecule has 0 spiro atoms. The smallest absolute Gasteiger partial charge is 0.271 e. The highest BCUT2D eigenvalue weighted by atomic mass is 32.1. The lowest BCUT2D eigenvalue weighted by molar-refractivity contribution is -0.116. The zero-order valence-electron chi connectivity index (χ0n) is 17.9. The molecule has 33 heavy (non-hydrogen) atoms. The van der Waals surface area contributed by atoms with Crippen molar-refractivity contribution >= 4 is 43.4 Å². The Kier molecular flexibility index (Phi) is 5.22. The van der Waals surface area contributed by atoms with Crippen molar-refractivity contribution in [3.05, 3.63) is 88.2 Å². The number of nitrogens with one attached hydrogen (secondary N) is 1. The van der Waals surface area contributed by atoms with E-state index in [1.54, 1.807) is 6.07 Å². The van der Waals surface area contributed by atoms with Crippen molar-refractivity contribution in [3.63, 3.8) is 0 Å². The van der Waals surface area contributed by atoms with Crippen molar-refractivity contribution in [3.8, 4) is 11.3 Å². The van der Waals surface area contributed by atoms with Crippen LogP contribution in [0.3, 0.4) is 0 Å². The number of carbonyl (C=O) groups excluding carboxylic acids is 1. The van der Waals surface area contributed by atoms with Crippen molar-refractivity contribution in [2.75, 3.05) is 5.32 Å². The molecule has 0 saturated carbocycles. The molecular weight excluding hydrogens is 439 g/mol. The zero-order valence-corrected chi connectivity index (χ0v) is 18.7. The number of hydrogen-bond donors (Lipinski definition) is 1. The molecule has 0 aliphatic carbocycles. The van der Waals surface area contributed by atoms with Gasteiger partial charge in [0.25, 0.3) is 5.56 Å². The average molecular weight is 459 g/mol. The van der Waals surface area contributed by atoms with Crippen LogP contribution in [0.15, 0.2) is 65.7 Å². The molecule has 5 aromatic rings. The number of hydrogen-bond acceptors (Lipinski definition) is 5. The van der Waals surface area contributed by atoms with Crippen LogP contribution in [0.4, 0.5) is 10.1 Å². The van der Waals surface area contributed by atoms with Crippen molar-refractivity contribution < 1.29 is 9.18 Å². The number of aromatic nitrogens is 3. The van der Waals surface area contributed by atoms with E-state index in [0.717, 1.165) is 16.6 Å². The second-order valence-electron chi connectivity index (χ2n) is 7.86. The normalized spacial score (nSPS) is 11.2. The van der Waals surface area contributed by atoms with Gasteiger partial charge in [-0.3, -0.25) is 14.2 Å². The molecular formula is C25H19FN4O2S. The molecule has 8 heteroatoms. The molecule has 0 saturated heterocycles. The Morgan fingerprint density at radius 1 is 1.09 bits per heavy atom. The van der Waals surface area contributed by atoms with Crippen LogP contribution in [0, 0.1) is 19.7 Å². The minimum absolute atomic E-state index is 0.228. The first-order chi connectivity index (χ1) is 15.9. The van der Waals surface area contributed by atoms with Crippen LogP contribution in [0.2, 0.25) is 0 Å². The van der Waals surface area contributed by atoms with E-state index in [1.807, 2.05) is 18.2 Å². The van der Waals surface area contributed by atoms with Gasteiger partial charge in [0.05, 0.1) is 17.5 Å². The molecule has 5 rings (SSSR count). The molecule has 0 unspecified atom stereocenters. The summed E-state index contributed by atoms with van der Waals surface area (Å²) in [6.07, 6.45) is 1.36. The Bertz CT molecular complexity index is 1610. The fourth-order valence-electron chi connectivity index (χ4n) is 3.64. The first-order valence-corrected chi connectivity index (χ1v) is 11.1. The molecule has 2 aromatic carbocycles. The van der Waals surface area contributed by atoms with E-state index < -0.39 is 11.7 Å². The van der Waals surface area contributed by atoms with Gasteiger partial charge < -0.3 is 5.32 Å². The number of aryl methyl sites for hydroxylation is 2. The molecule has 0 atom stereocenters. The molecule has 1 amide bonds. The van der Waals surface area contributed by atoms with E-state index in [4.69, 9.17) is 4.98 Å². The summed E-state index contributed by atoms with van der Waals surface area (Å²) in [5.41, 5.74) is 4.82. The molecule has 0 aliphatic rings. The molecule has 0 radical (unpaired) electrons. The van der Waals surface area contributed by atoms with Gasteiger partial charge in [-0.25, -0.2) is 14.4 Å². The van der Waals surface area contributed by atoms with Crippen molar-refractivity contribution in [2.45, 2.75) is 20.4 Å². The van der Waals surface area contributed by atoms with E-state index in [2.05, 4.69) is 36.3 Å². The fraction of sp³-hybridized carbons (Fsp3) is 0.120. The maximum atomic E-state index is 13.3. The third kappa shape index (κ3) is 4.01. The number of pyridine rings is 1. The quantitative estimate of drug-likeness (QED) is 0.408. The van der Waals surface area contributed by atoms with Gasteiger partial charge in [-0.15, -0.1) is 11.3 Å². The number of thiophene rings is 1. The molecule has 3 aromatic heterocycles. The third-order valence-corrected chi connectivity index (χ3v) is 6.61. The molecule has 1 N–H and O–H groups in total. The zero-order chi connectivity index (χ0) is 23.1. The van der Waals surface area contributed by atoms with Crippen LogP contribution in [0.25, 0.3) is 31.7 Å². The highest BCUT2D eigenvalue weighted by Crippen LogP contribution is 2.31. The van der Waals surface area contributed by atoms with Crippen molar-refractivity contribution in [1.82, 2.24) is 14.5 Å². The summed E-state index contributed by atoms with van der Waals surface area (Å²) in [7, 11) is 0. The van der Waals surface area contributed by atoms with Gasteiger partial charge in [0.15, 0.2) is 0 Å². The molecule has 0 aliphatic heterocycles. The number of anilines is 1. The number of halogens is 1. The Balaban J connectivity index is 1.48. The number of benzene rings is 2. The average Bonchev–Trinajstić information content (AvgIpc) is 3.16. The Hall–Kier alpha value is -3.91. The maximum Gasteiger partial charge on any atom is 0.271 e. The van der Waals surface area contributed by atoms with E-state index in [9.17, 15) is 14.0 Å². The lowest BCUT2D eigenvalue weighted by Crippen LogP contribution is -2.27. The van der Waals surface area contributed by atoms with Crippen LogP contribution < -0.4 is 10.9 Å². The van der Waals surface area contributed by atoms with Crippen LogP contribution in [0.1, 0.15) is 11.1 Å². The molecule has 3 heterocycles. The Morgan fingerprint density at radius 3 is 2.73 bits per heavy atom. The second kappa shape index (κ2) is 8.22. The van der Waals surface area contributed by atoms with Crippen LogP contribution >= 0.6 is 11.3 Å². The first-order valence-electron chi connectivity index (χ1n) is 10.3. The summed E-state index contributed by atoms with van der Waals surface area (Å²) in [5, 5.41) is 3.39. The minimum atomic E-state index is -0.453. The predicted molar refractivity (Wildman–Crippen MR) is 129 cm³/mol. The predicted octanol–water partition coefficient (Wildman–Crippen LogP) is 5.07. The summed E-state index contributed by atoms with van der Waals surface area (Å²) in [6.45, 7) is 3.90. The maximum absolute atomic E-state index is 13.3. The van der Waals surface area contributed by atoms with Crippen molar-refractivity contribution in [1.29, 1.82) is 0 Å². The van der Waals surface area contributed by atoms with Gasteiger partial charge in [0, 0.05) is 16.6 Å². The molecule has 164 valence electrons. The van der Waals surface area contributed by atoms with Gasteiger partial charge in [-0.05, 0) is 61.4 Å². The summed E-state index contributed by atoms with van der Waals surface area (Å²) in [5.74, 6) is -0.897. The van der Waals surface area contributed by atoms with E-state index in [-0.39, 0.29) is 12.1 Å². The van der Waals surface area contributed by atoms with E-state index in [0.29, 0.717) is 20.7 Å². The van der Waals surface area contributed by atoms with Crippen LogP contribution in [-0.2, 0) is 11.3 Å². The fourth-order valence-corrected chi connectivity index (χ4v) is 4.72. The van der Waals surface area contributed by atoms with Gasteiger partial charge in [0.1, 0.15) is 21.9 Å². The lowest BCUT2D eigenvalue weighted by Gasteiger charge is -2.07. The number of carbonyl (C=O) groups is 1. The monoisotopic (exact) mass is 458 g/mol. The largest absolute Gasteiger partial charge is 0.324 e. The highest BCUT2D eigenvalue weighted by molar-refractivity contribution is 7.25. The Morgan fingerprint density at radius 2 is 1.94 bits per heavy atom. The topological polar surface area (TPSA) is 76.9 Å². The van der Waals surface area contributed by atoms with Gasteiger partial charge >= 0.3 is 0 Å². The molecule has 0 fully saturated rings. The number of nitrogens with zero attached hydrogens (tertiary/aromatic N) is 3. The van der Waals surface area contributed by atoms with E-state index in [1.165, 1.54) is 51.6 Å². The van der Waals surface area contributed by atoms with Crippen LogP contribution in [-0.4, -0.2) is 20.4 Å². The standard InChI is InChI=1S/C25H19FN4O2S/c1-14-6-7-16(10-15(14)2)20-9-8-19-22-23(33-24(19)29-20)25(32)30(13-27-22)12-21(31)28-18-5-3-4-17(26)11-18/h3-11,13H,12H2,1-2H3,(H,28,31). The van der Waals surface area contributed by atoms with E-state index >= 15 is 0 Å². The van der Waals surface area contributed by atoms with Gasteiger partial charge in [-0.2, -0.15) is 0 Å². The number of amides is 1. The number of fused-ring (bicyclic) bond motifs is 3. The van der Waals surface area contributed by atoms with Gasteiger partial charge in [0.2, 0.25) is 5.91 Å².